The minimum absolute atomic E-state index is 0.0183. The van der Waals surface area contributed by atoms with Crippen LogP contribution in [0.4, 0.5) is 0 Å². The van der Waals surface area contributed by atoms with Crippen LogP contribution in [0.1, 0.15) is 52.0 Å². The molecule has 0 saturated heterocycles. The molecule has 0 amide bonds. The average Bonchev–Trinajstić information content (AvgIpc) is 2.99. The maximum Gasteiger partial charge on any atom is 0.331 e. The van der Waals surface area contributed by atoms with E-state index in [1.54, 1.807) is 6.08 Å². The third-order valence-electron chi connectivity index (χ3n) is 8.41. The molecule has 6 atom stereocenters. The summed E-state index contributed by atoms with van der Waals surface area (Å²) < 4.78 is 6.09. The first-order valence-electron chi connectivity index (χ1n) is 10.0. The Morgan fingerprint density at radius 2 is 1.89 bits per heavy atom. The van der Waals surface area contributed by atoms with Gasteiger partial charge in [-0.3, -0.25) is 0 Å². The van der Waals surface area contributed by atoms with Gasteiger partial charge in [0, 0.05) is 17.4 Å². The molecule has 1 aromatic rings. The van der Waals surface area contributed by atoms with Gasteiger partial charge in [-0.2, -0.15) is 0 Å². The number of carbonyl (C=O) groups is 1. The van der Waals surface area contributed by atoms with Gasteiger partial charge in [-0.1, -0.05) is 64.1 Å². The molecule has 0 unspecified atom stereocenters. The third-order valence-corrected chi connectivity index (χ3v) is 8.41. The largest absolute Gasteiger partial charge is 0.458 e. The molecule has 0 aromatic heterocycles. The molecule has 0 radical (unpaired) electrons. The fourth-order valence-corrected chi connectivity index (χ4v) is 6.60. The highest BCUT2D eigenvalue weighted by Crippen LogP contribution is 2.77. The highest BCUT2D eigenvalue weighted by Gasteiger charge is 2.75. The Balaban J connectivity index is 1.64. The van der Waals surface area contributed by atoms with Gasteiger partial charge in [-0.05, 0) is 47.3 Å². The summed E-state index contributed by atoms with van der Waals surface area (Å²) in [7, 11) is 0. The zero-order valence-corrected chi connectivity index (χ0v) is 16.6. The molecule has 0 aliphatic heterocycles. The Morgan fingerprint density at radius 3 is 2.59 bits per heavy atom. The standard InChI is InChI=1S/C24H30O3/c1-16-18(25)15-23(3)21(20(16)22(2)13-8-14-24(22,23)4)27-19(26)12-11-17-9-6-5-7-10-17/h5-7,9-12,18,20-21,25H,1,8,13-15H2,2-4H3/b12-11+/t18-,20-,21-,22-,23+,24-/m0/s1. The second-order valence-corrected chi connectivity index (χ2v) is 9.39. The maximum atomic E-state index is 12.7. The van der Waals surface area contributed by atoms with E-state index in [0.29, 0.717) is 6.42 Å². The highest BCUT2D eigenvalue weighted by atomic mass is 16.5. The summed E-state index contributed by atoms with van der Waals surface area (Å²) >= 11 is 0. The average molecular weight is 367 g/mol. The lowest BCUT2D eigenvalue weighted by molar-refractivity contribution is -0.158. The second-order valence-electron chi connectivity index (χ2n) is 9.39. The quantitative estimate of drug-likeness (QED) is 0.476. The fourth-order valence-electron chi connectivity index (χ4n) is 6.60. The maximum absolute atomic E-state index is 12.7. The first-order valence-corrected chi connectivity index (χ1v) is 10.0. The van der Waals surface area contributed by atoms with E-state index < -0.39 is 6.10 Å². The molecule has 3 saturated carbocycles. The lowest BCUT2D eigenvalue weighted by Gasteiger charge is -2.47. The van der Waals surface area contributed by atoms with Crippen LogP contribution in [0.3, 0.4) is 0 Å². The number of benzene rings is 1. The predicted octanol–water partition coefficient (Wildman–Crippen LogP) is 4.77. The van der Waals surface area contributed by atoms with Crippen LogP contribution in [0.15, 0.2) is 48.6 Å². The van der Waals surface area contributed by atoms with Crippen molar-refractivity contribution in [2.24, 2.45) is 22.2 Å². The molecule has 3 heteroatoms. The van der Waals surface area contributed by atoms with E-state index in [9.17, 15) is 9.90 Å². The molecule has 4 rings (SSSR count). The van der Waals surface area contributed by atoms with Crippen molar-refractivity contribution >= 4 is 12.0 Å². The lowest BCUT2D eigenvalue weighted by Crippen LogP contribution is -2.48. The van der Waals surface area contributed by atoms with E-state index >= 15 is 0 Å². The van der Waals surface area contributed by atoms with E-state index in [1.165, 1.54) is 12.5 Å². The summed E-state index contributed by atoms with van der Waals surface area (Å²) in [5.41, 5.74) is 1.65. The number of rotatable bonds is 3. The minimum atomic E-state index is -0.505. The number of aliphatic hydroxyl groups excluding tert-OH is 1. The summed E-state index contributed by atoms with van der Waals surface area (Å²) in [5, 5.41) is 10.7. The molecule has 2 bridgehead atoms. The van der Waals surface area contributed by atoms with Crippen LogP contribution in [0.2, 0.25) is 0 Å². The Labute approximate surface area is 162 Å². The number of ether oxygens (including phenoxy) is 1. The van der Waals surface area contributed by atoms with Crippen molar-refractivity contribution in [2.75, 3.05) is 0 Å². The van der Waals surface area contributed by atoms with Gasteiger partial charge in [0.1, 0.15) is 6.10 Å². The molecule has 27 heavy (non-hydrogen) atoms. The molecular weight excluding hydrogens is 336 g/mol. The van der Waals surface area contributed by atoms with Crippen molar-refractivity contribution in [3.05, 3.63) is 54.1 Å². The number of hydrogen-bond donors (Lipinski definition) is 1. The van der Waals surface area contributed by atoms with Gasteiger partial charge in [0.15, 0.2) is 0 Å². The molecule has 1 aromatic carbocycles. The second kappa shape index (κ2) is 6.07. The monoisotopic (exact) mass is 366 g/mol. The molecule has 3 aliphatic rings. The van der Waals surface area contributed by atoms with E-state index in [1.807, 2.05) is 30.3 Å². The van der Waals surface area contributed by atoms with Crippen molar-refractivity contribution < 1.29 is 14.6 Å². The van der Waals surface area contributed by atoms with Gasteiger partial charge in [0.25, 0.3) is 0 Å². The zero-order valence-electron chi connectivity index (χ0n) is 16.6. The van der Waals surface area contributed by atoms with E-state index in [4.69, 9.17) is 4.74 Å². The molecule has 0 spiro atoms. The van der Waals surface area contributed by atoms with Gasteiger partial charge >= 0.3 is 5.97 Å². The Kier molecular flexibility index (Phi) is 4.15. The summed E-state index contributed by atoms with van der Waals surface area (Å²) in [6.45, 7) is 11.1. The Morgan fingerprint density at radius 1 is 1.19 bits per heavy atom. The third kappa shape index (κ3) is 2.40. The molecular formula is C24H30O3. The first kappa shape index (κ1) is 18.5. The van der Waals surface area contributed by atoms with Crippen LogP contribution in [-0.2, 0) is 9.53 Å². The van der Waals surface area contributed by atoms with Crippen LogP contribution in [0.5, 0.6) is 0 Å². The van der Waals surface area contributed by atoms with E-state index in [-0.39, 0.29) is 34.2 Å². The number of aliphatic hydroxyl groups is 1. The summed E-state index contributed by atoms with van der Waals surface area (Å²) in [6, 6.07) is 9.76. The fraction of sp³-hybridized carbons (Fsp3) is 0.542. The van der Waals surface area contributed by atoms with E-state index in [2.05, 4.69) is 27.4 Å². The summed E-state index contributed by atoms with van der Waals surface area (Å²) in [5.74, 6) is -0.288. The lowest BCUT2D eigenvalue weighted by atomic mass is 9.58. The number of hydrogen-bond acceptors (Lipinski definition) is 3. The Hall–Kier alpha value is -1.87. The number of esters is 1. The van der Waals surface area contributed by atoms with Crippen molar-refractivity contribution in [3.8, 4) is 0 Å². The van der Waals surface area contributed by atoms with Crippen molar-refractivity contribution in [1.82, 2.24) is 0 Å². The van der Waals surface area contributed by atoms with Crippen LogP contribution in [0, 0.1) is 22.2 Å². The van der Waals surface area contributed by atoms with E-state index in [0.717, 1.165) is 24.0 Å². The predicted molar refractivity (Wildman–Crippen MR) is 107 cm³/mol. The SMILES string of the molecule is C=C1[C@@H](O)C[C@]2(C)[C@@H](OC(=O)/C=C/c3ccccc3)[C@H]1[C@]1(C)CCC[C@@]12C. The summed E-state index contributed by atoms with van der Waals surface area (Å²) in [4.78, 5) is 12.7. The van der Waals surface area contributed by atoms with Gasteiger partial charge < -0.3 is 9.84 Å². The van der Waals surface area contributed by atoms with Crippen LogP contribution >= 0.6 is 0 Å². The first-order chi connectivity index (χ1) is 12.7. The normalized spacial score (nSPS) is 43.1. The molecule has 0 heterocycles. The zero-order chi connectivity index (χ0) is 19.4. The smallest absolute Gasteiger partial charge is 0.331 e. The van der Waals surface area contributed by atoms with Crippen molar-refractivity contribution in [3.63, 3.8) is 0 Å². The van der Waals surface area contributed by atoms with Crippen LogP contribution in [-0.4, -0.2) is 23.3 Å². The highest BCUT2D eigenvalue weighted by molar-refractivity contribution is 5.87. The molecule has 3 aliphatic carbocycles. The topological polar surface area (TPSA) is 46.5 Å². The number of fused-ring (bicyclic) bond motifs is 5. The van der Waals surface area contributed by atoms with Gasteiger partial charge in [-0.25, -0.2) is 4.79 Å². The van der Waals surface area contributed by atoms with Gasteiger partial charge in [0.05, 0.1) is 6.10 Å². The Bertz CT molecular complexity index is 797. The van der Waals surface area contributed by atoms with Crippen molar-refractivity contribution in [1.29, 1.82) is 0 Å². The summed E-state index contributed by atoms with van der Waals surface area (Å²) in [6.07, 6.45) is 6.61. The molecule has 3 nitrogen and oxygen atoms in total. The number of carbonyl (C=O) groups excluding carboxylic acids is 1. The van der Waals surface area contributed by atoms with Crippen molar-refractivity contribution in [2.45, 2.75) is 58.7 Å². The molecule has 3 fully saturated rings. The molecule has 144 valence electrons. The van der Waals surface area contributed by atoms with Crippen LogP contribution < -0.4 is 0 Å². The van der Waals surface area contributed by atoms with Gasteiger partial charge in [-0.15, -0.1) is 0 Å². The molecule has 1 N–H and O–H groups in total. The minimum Gasteiger partial charge on any atom is -0.458 e. The van der Waals surface area contributed by atoms with Gasteiger partial charge in [0.2, 0.25) is 0 Å². The van der Waals surface area contributed by atoms with Crippen LogP contribution in [0.25, 0.3) is 6.08 Å².